The molecule has 16 aromatic rings. The number of aromatic amines is 3. The van der Waals surface area contributed by atoms with Crippen molar-refractivity contribution in [1.29, 1.82) is 5.26 Å². The molecule has 0 aliphatic carbocycles. The first-order chi connectivity index (χ1) is 55.9. The van der Waals surface area contributed by atoms with Crippen LogP contribution < -0.4 is 36.4 Å². The Labute approximate surface area is 655 Å². The van der Waals surface area contributed by atoms with Crippen LogP contribution >= 0.6 is 7.82 Å². The van der Waals surface area contributed by atoms with Crippen molar-refractivity contribution in [3.05, 3.63) is 321 Å². The molecule has 0 aliphatic heterocycles. The van der Waals surface area contributed by atoms with Crippen molar-refractivity contribution in [2.45, 2.75) is 13.7 Å². The molecule has 0 bridgehead atoms. The van der Waals surface area contributed by atoms with E-state index in [9.17, 15) is 33.4 Å². The molecular weight excluding hydrogens is 1490 g/mol. The van der Waals surface area contributed by atoms with E-state index in [-0.39, 0.29) is 16.7 Å². The van der Waals surface area contributed by atoms with Crippen LogP contribution in [0.15, 0.2) is 282 Å². The maximum atomic E-state index is 14.9. The SMILES string of the molecule is C=C(C)c1ccc(-c2cn(-c3ccccc3)c3nc[nH]c(=O)c23)cc1.COCCOc1ccc(-c2cn(-c3ccccc3)c3nc[nH]c(=O)c23)c(F)c1.COCCOc1ccc(-c2cn(-c3ccccc3)c3nc[nH]c(=O)c23)cc1C#N.COCCOc1ccc(-c2cn(-c3ccccc3)c3ncn(COP(=O)(O)O)c(=O)c23)cc1. The summed E-state index contributed by atoms with van der Waals surface area (Å²) in [5.74, 6) is 1.06. The fourth-order valence-electron chi connectivity index (χ4n) is 12.7. The Morgan fingerprint density at radius 2 is 0.861 bits per heavy atom. The Morgan fingerprint density at radius 1 is 0.470 bits per heavy atom. The van der Waals surface area contributed by atoms with Gasteiger partial charge in [0.05, 0.1) is 65.9 Å². The third kappa shape index (κ3) is 18.2. The second kappa shape index (κ2) is 36.4. The van der Waals surface area contributed by atoms with E-state index in [1.165, 1.54) is 31.4 Å². The molecule has 0 amide bonds. The van der Waals surface area contributed by atoms with Gasteiger partial charge >= 0.3 is 7.82 Å². The number of nitrogens with one attached hydrogen (secondary N) is 3. The Hall–Kier alpha value is -14.0. The van der Waals surface area contributed by atoms with Gasteiger partial charge in [0.25, 0.3) is 22.2 Å². The molecular formula is C86H75FN13O14P. The van der Waals surface area contributed by atoms with Crippen molar-refractivity contribution in [2.75, 3.05) is 61.0 Å². The van der Waals surface area contributed by atoms with Gasteiger partial charge < -0.3 is 71.4 Å². The van der Waals surface area contributed by atoms with Crippen LogP contribution in [-0.4, -0.2) is 128 Å². The van der Waals surface area contributed by atoms with Gasteiger partial charge in [-0.25, -0.2) is 28.9 Å². The number of methoxy groups -OCH3 is 3. The Bertz CT molecular complexity index is 6460. The monoisotopic (exact) mass is 1560 g/mol. The summed E-state index contributed by atoms with van der Waals surface area (Å²) in [6, 6.07) is 65.8. The predicted octanol–water partition coefficient (Wildman–Crippen LogP) is 14.2. The maximum absolute atomic E-state index is 14.9. The second-order valence-corrected chi connectivity index (χ2v) is 26.9. The molecule has 8 aromatic carbocycles. The standard InChI is InChI=1S/C22H18N4O3.C22H22N3O7P.C21H18FN3O3.C21H17N3O/c1-28-9-10-29-19-8-7-15(11-16(19)12-23)18-13-26(17-5-3-2-4-6-17)21-20(18)22(27)25-14-24-21;1-30-11-12-31-18-9-7-16(8-10-18)19-13-25(17-5-3-2-4-6-17)21-20(19)22(26)24(14-23-21)15-32-33(27,28)29;1-27-9-10-28-15-7-8-16(18(22)11-15)17-12-25(14-5-3-2-4-6-14)20-19(17)21(26)24-13-23-20;1-14(2)15-8-10-16(11-9-15)18-12-24(17-6-4-3-5-7-17)20-19(18)21(25)23-13-22-20/h2-8,11,13-14H,9-10H2,1H3,(H,24,25,27);2-10,13-14H,11-12,15H2,1H3,(H2,27,28,29);2-8,11-13H,9-10H2,1H3,(H,23,24,26);3-13H,1H2,2H3,(H,22,23,25). The largest absolute Gasteiger partial charge is 0.491 e. The van der Waals surface area contributed by atoms with Gasteiger partial charge in [-0.3, -0.25) is 28.3 Å². The van der Waals surface area contributed by atoms with E-state index in [4.69, 9.17) is 38.2 Å². The molecule has 0 saturated carbocycles. The molecule has 29 heteroatoms. The molecule has 580 valence electrons. The molecule has 0 saturated heterocycles. The lowest BCUT2D eigenvalue weighted by Gasteiger charge is -2.09. The highest BCUT2D eigenvalue weighted by atomic mass is 31.2. The highest BCUT2D eigenvalue weighted by Crippen LogP contribution is 2.39. The van der Waals surface area contributed by atoms with Crippen LogP contribution in [0.2, 0.25) is 0 Å². The summed E-state index contributed by atoms with van der Waals surface area (Å²) < 4.78 is 70.4. The van der Waals surface area contributed by atoms with Crippen molar-refractivity contribution in [2.24, 2.45) is 0 Å². The maximum Gasteiger partial charge on any atom is 0.471 e. The predicted molar refractivity (Wildman–Crippen MR) is 437 cm³/mol. The number of halogens is 1. The van der Waals surface area contributed by atoms with Crippen molar-refractivity contribution in [1.82, 2.24) is 57.7 Å². The Morgan fingerprint density at radius 3 is 1.30 bits per heavy atom. The lowest BCUT2D eigenvalue weighted by molar-refractivity contribution is 0.146. The van der Waals surface area contributed by atoms with Gasteiger partial charge in [-0.2, -0.15) is 5.26 Å². The second-order valence-electron chi connectivity index (χ2n) is 25.6. The molecule has 8 heterocycles. The number of H-pyrrole nitrogens is 3. The summed E-state index contributed by atoms with van der Waals surface area (Å²) in [5, 5.41) is 11.2. The number of rotatable bonds is 24. The summed E-state index contributed by atoms with van der Waals surface area (Å²) in [5.41, 5.74) is 12.3. The number of nitrogens with zero attached hydrogens (tertiary/aromatic N) is 10. The quantitative estimate of drug-likeness (QED) is 0.0277. The lowest BCUT2D eigenvalue weighted by atomic mass is 10.0. The Kier molecular flexibility index (Phi) is 25.1. The summed E-state index contributed by atoms with van der Waals surface area (Å²) in [4.78, 5) is 94.2. The Balaban J connectivity index is 0.000000134. The molecule has 5 N–H and O–H groups in total. The number of hydrogen-bond acceptors (Lipinski definition) is 17. The molecule has 0 spiro atoms. The van der Waals surface area contributed by atoms with Crippen LogP contribution in [0.5, 0.6) is 17.2 Å². The average molecular weight is 1560 g/mol. The zero-order valence-electron chi connectivity index (χ0n) is 62.5. The first-order valence-corrected chi connectivity index (χ1v) is 37.3. The molecule has 27 nitrogen and oxygen atoms in total. The van der Waals surface area contributed by atoms with Crippen molar-refractivity contribution in [3.63, 3.8) is 0 Å². The summed E-state index contributed by atoms with van der Waals surface area (Å²) >= 11 is 0. The minimum absolute atomic E-state index is 0.140. The normalized spacial score (nSPS) is 11.1. The molecule has 8 aromatic heterocycles. The fraction of sp³-hybridized carbons (Fsp3) is 0.128. The average Bonchev–Trinajstić information content (AvgIpc) is 1.62. The number of fused-ring (bicyclic) bond motifs is 4. The van der Waals surface area contributed by atoms with Crippen molar-refractivity contribution < 1.29 is 51.7 Å². The highest BCUT2D eigenvalue weighted by Gasteiger charge is 2.24. The zero-order valence-corrected chi connectivity index (χ0v) is 63.4. The van der Waals surface area contributed by atoms with E-state index in [0.29, 0.717) is 129 Å². The third-order valence-corrected chi connectivity index (χ3v) is 18.6. The smallest absolute Gasteiger partial charge is 0.471 e. The number of allylic oxidation sites excluding steroid dienone is 1. The number of aromatic nitrogens is 12. The molecule has 0 radical (unpaired) electrons. The number of benzene rings is 8. The number of hydrogen-bond donors (Lipinski definition) is 5. The minimum Gasteiger partial charge on any atom is -0.491 e. The molecule has 0 fully saturated rings. The first kappa shape index (κ1) is 79.1. The van der Waals surface area contributed by atoms with Gasteiger partial charge in [-0.1, -0.05) is 127 Å². The summed E-state index contributed by atoms with van der Waals surface area (Å²) in [6.07, 6.45) is 12.8. The van der Waals surface area contributed by atoms with Crippen LogP contribution in [-0.2, 0) is 30.0 Å². The fourth-order valence-corrected chi connectivity index (χ4v) is 13.0. The van der Waals surface area contributed by atoms with E-state index >= 15 is 0 Å². The zero-order chi connectivity index (χ0) is 80.5. The third-order valence-electron chi connectivity index (χ3n) is 18.2. The van der Waals surface area contributed by atoms with Gasteiger partial charge in [0.15, 0.2) is 22.6 Å². The van der Waals surface area contributed by atoms with Crippen LogP contribution in [0.1, 0.15) is 18.1 Å². The highest BCUT2D eigenvalue weighted by molar-refractivity contribution is 7.46. The van der Waals surface area contributed by atoms with Crippen LogP contribution in [0.3, 0.4) is 0 Å². The van der Waals surface area contributed by atoms with Crippen LogP contribution in [0.4, 0.5) is 4.39 Å². The van der Waals surface area contributed by atoms with E-state index < -0.39 is 25.9 Å². The van der Waals surface area contributed by atoms with E-state index in [1.54, 1.807) is 73.1 Å². The van der Waals surface area contributed by atoms with Gasteiger partial charge in [0, 0.05) is 103 Å². The number of nitriles is 1. The van der Waals surface area contributed by atoms with Gasteiger partial charge in [-0.15, -0.1) is 0 Å². The number of phosphoric ester groups is 1. The minimum atomic E-state index is -4.76. The van der Waals surface area contributed by atoms with Gasteiger partial charge in [0.2, 0.25) is 0 Å². The molecule has 16 rings (SSSR count). The first-order valence-electron chi connectivity index (χ1n) is 35.8. The van der Waals surface area contributed by atoms with Gasteiger partial charge in [-0.05, 0) is 114 Å². The number of phosphoric acid groups is 1. The van der Waals surface area contributed by atoms with Crippen LogP contribution in [0, 0.1) is 17.1 Å². The number of para-hydroxylation sites is 4. The van der Waals surface area contributed by atoms with Crippen molar-refractivity contribution >= 4 is 57.5 Å². The van der Waals surface area contributed by atoms with E-state index in [2.05, 4.69) is 52.1 Å². The van der Waals surface area contributed by atoms with Crippen molar-refractivity contribution in [3.8, 4) is 90.6 Å². The molecule has 115 heavy (non-hydrogen) atoms. The van der Waals surface area contributed by atoms with Crippen LogP contribution in [0.25, 0.3) is 117 Å². The number of ether oxygens (including phenoxy) is 6. The molecule has 0 aliphatic rings. The summed E-state index contributed by atoms with van der Waals surface area (Å²) in [7, 11) is 0.000636. The topological polar surface area (TPSA) is 338 Å². The summed E-state index contributed by atoms with van der Waals surface area (Å²) in [6.45, 7) is 7.71. The lowest BCUT2D eigenvalue weighted by Crippen LogP contribution is -2.21. The van der Waals surface area contributed by atoms with E-state index in [1.807, 2.05) is 198 Å². The molecule has 0 atom stereocenters. The molecule has 0 unspecified atom stereocenters. The van der Waals surface area contributed by atoms with E-state index in [0.717, 1.165) is 60.7 Å². The van der Waals surface area contributed by atoms with Gasteiger partial charge in [0.1, 0.15) is 62.0 Å².